The predicted molar refractivity (Wildman–Crippen MR) is 39.7 cm³/mol. The average molecular weight is 168 g/mol. The van der Waals surface area contributed by atoms with E-state index in [1.807, 2.05) is 0 Å². The molecular formula is C3H13N4O2P. The molecule has 62 valence electrons. The smallest absolute Gasteiger partial charge is 0.271 e. The molecule has 0 unspecified atom stereocenters. The van der Waals surface area contributed by atoms with Crippen LogP contribution in [0.15, 0.2) is 0 Å². The van der Waals surface area contributed by atoms with Gasteiger partial charge in [0, 0.05) is 6.42 Å². The first-order valence-electron chi connectivity index (χ1n) is 2.51. The fraction of sp³-hybridized carbons (Fsp3) is 0.667. The number of primary amides is 1. The van der Waals surface area contributed by atoms with Gasteiger partial charge in [-0.3, -0.25) is 25.9 Å². The number of amides is 1. The van der Waals surface area contributed by atoms with E-state index in [0.29, 0.717) is 6.42 Å². The first-order valence-corrected chi connectivity index (χ1v) is 4.42. The Labute approximate surface area is 59.5 Å². The summed E-state index contributed by atoms with van der Waals surface area (Å²) < 4.78 is 9.55. The van der Waals surface area contributed by atoms with Crippen molar-refractivity contribution in [2.75, 3.05) is 0 Å². The number of carbonyl (C=O) groups is 1. The number of rotatable bonds is 1. The van der Waals surface area contributed by atoms with E-state index in [1.54, 1.807) is 6.92 Å². The SMILES string of the molecule is CCC(N)=O.NP(N)(N)=O. The van der Waals surface area contributed by atoms with Gasteiger partial charge in [0.15, 0.2) is 0 Å². The lowest BCUT2D eigenvalue weighted by Gasteiger charge is -1.88. The van der Waals surface area contributed by atoms with Gasteiger partial charge in [-0.25, -0.2) is 0 Å². The lowest BCUT2D eigenvalue weighted by atomic mass is 10.5. The second kappa shape index (κ2) is 5.37. The number of hydrogen-bond donors (Lipinski definition) is 4. The molecule has 10 heavy (non-hydrogen) atoms. The third kappa shape index (κ3) is 131. The summed E-state index contributed by atoms with van der Waals surface area (Å²) >= 11 is 0. The Bertz CT molecular complexity index is 133. The molecule has 8 N–H and O–H groups in total. The van der Waals surface area contributed by atoms with Gasteiger partial charge >= 0.3 is 0 Å². The van der Waals surface area contributed by atoms with Crippen molar-refractivity contribution in [3.63, 3.8) is 0 Å². The summed E-state index contributed by atoms with van der Waals surface area (Å²) in [6.07, 6.45) is 0.444. The van der Waals surface area contributed by atoms with Crippen molar-refractivity contribution in [2.45, 2.75) is 13.3 Å². The molecule has 1 amide bonds. The zero-order chi connectivity index (χ0) is 8.78. The van der Waals surface area contributed by atoms with Gasteiger partial charge in [0.25, 0.3) is 7.59 Å². The zero-order valence-corrected chi connectivity index (χ0v) is 6.67. The molecule has 0 aromatic rings. The third-order valence-corrected chi connectivity index (χ3v) is 0.348. The molecule has 0 rings (SSSR count). The topological polar surface area (TPSA) is 138 Å². The number of carbonyl (C=O) groups excluding carboxylic acids is 1. The quantitative estimate of drug-likeness (QED) is 0.366. The van der Waals surface area contributed by atoms with Gasteiger partial charge < -0.3 is 5.73 Å². The van der Waals surface area contributed by atoms with E-state index in [9.17, 15) is 9.36 Å². The van der Waals surface area contributed by atoms with Crippen molar-refractivity contribution in [2.24, 2.45) is 22.2 Å². The summed E-state index contributed by atoms with van der Waals surface area (Å²) in [5.74, 6) is -0.245. The van der Waals surface area contributed by atoms with Crippen molar-refractivity contribution in [1.29, 1.82) is 0 Å². The second-order valence-corrected chi connectivity index (χ2v) is 3.11. The van der Waals surface area contributed by atoms with Crippen molar-refractivity contribution >= 4 is 13.5 Å². The Morgan fingerprint density at radius 3 is 1.50 bits per heavy atom. The molecule has 7 heteroatoms. The molecule has 0 bridgehead atoms. The van der Waals surface area contributed by atoms with Crippen LogP contribution >= 0.6 is 7.59 Å². The molecule has 0 atom stereocenters. The van der Waals surface area contributed by atoms with Crippen molar-refractivity contribution in [3.05, 3.63) is 0 Å². The van der Waals surface area contributed by atoms with Gasteiger partial charge in [0.1, 0.15) is 0 Å². The van der Waals surface area contributed by atoms with E-state index in [4.69, 9.17) is 0 Å². The minimum absolute atomic E-state index is 0.245. The minimum Gasteiger partial charge on any atom is -0.370 e. The van der Waals surface area contributed by atoms with Crippen LogP contribution in [-0.4, -0.2) is 5.91 Å². The maximum atomic E-state index is 9.59. The summed E-state index contributed by atoms with van der Waals surface area (Å²) in [6, 6.07) is 0. The van der Waals surface area contributed by atoms with Crippen molar-refractivity contribution < 1.29 is 9.36 Å². The highest BCUT2D eigenvalue weighted by atomic mass is 31.2. The summed E-state index contributed by atoms with van der Waals surface area (Å²) in [6.45, 7) is 1.72. The van der Waals surface area contributed by atoms with Crippen LogP contribution in [0.3, 0.4) is 0 Å². The van der Waals surface area contributed by atoms with Crippen LogP contribution in [0.25, 0.3) is 0 Å². The van der Waals surface area contributed by atoms with E-state index in [1.165, 1.54) is 0 Å². The highest BCUT2D eigenvalue weighted by Gasteiger charge is 1.90. The fourth-order valence-corrected chi connectivity index (χ4v) is 0. The summed E-state index contributed by atoms with van der Waals surface area (Å²) in [4.78, 5) is 9.59. The molecule has 0 aliphatic rings. The molecule has 0 saturated carbocycles. The van der Waals surface area contributed by atoms with Crippen LogP contribution in [0, 0.1) is 0 Å². The van der Waals surface area contributed by atoms with Gasteiger partial charge in [-0.2, -0.15) is 0 Å². The molecule has 0 heterocycles. The Hall–Kier alpha value is -0.420. The highest BCUT2D eigenvalue weighted by Crippen LogP contribution is 2.06. The number of hydrogen-bond acceptors (Lipinski definition) is 2. The van der Waals surface area contributed by atoms with Gasteiger partial charge in [0.05, 0.1) is 0 Å². The molecule has 0 aromatic heterocycles. The predicted octanol–water partition coefficient (Wildman–Crippen LogP) is -1.15. The fourth-order valence-electron chi connectivity index (χ4n) is 0. The average Bonchev–Trinajstić information content (AvgIpc) is 1.61. The van der Waals surface area contributed by atoms with Crippen molar-refractivity contribution in [3.8, 4) is 0 Å². The maximum Gasteiger partial charge on any atom is 0.271 e. The normalized spacial score (nSPS) is 9.60. The Kier molecular flexibility index (Phi) is 6.59. The number of nitrogens with two attached hydrogens (primary N) is 4. The first kappa shape index (κ1) is 12.3. The third-order valence-electron chi connectivity index (χ3n) is 0.348. The van der Waals surface area contributed by atoms with Crippen LogP contribution in [-0.2, 0) is 9.36 Å². The van der Waals surface area contributed by atoms with Gasteiger partial charge in [-0.15, -0.1) is 0 Å². The first-order chi connectivity index (χ1) is 4.27. The zero-order valence-electron chi connectivity index (χ0n) is 5.78. The molecular weight excluding hydrogens is 155 g/mol. The molecule has 6 nitrogen and oxygen atoms in total. The van der Waals surface area contributed by atoms with Crippen LogP contribution < -0.4 is 22.2 Å². The monoisotopic (exact) mass is 168 g/mol. The molecule has 0 saturated heterocycles. The van der Waals surface area contributed by atoms with Crippen LogP contribution in [0.5, 0.6) is 0 Å². The Morgan fingerprint density at radius 2 is 1.50 bits per heavy atom. The van der Waals surface area contributed by atoms with Crippen LogP contribution in [0.2, 0.25) is 0 Å². The van der Waals surface area contributed by atoms with E-state index in [2.05, 4.69) is 22.2 Å². The maximum absolute atomic E-state index is 9.59. The lowest BCUT2D eigenvalue weighted by Crippen LogP contribution is -2.12. The highest BCUT2D eigenvalue weighted by molar-refractivity contribution is 7.56. The molecule has 0 spiro atoms. The summed E-state index contributed by atoms with van der Waals surface area (Å²) in [5, 5.41) is 0. The molecule has 0 aromatic carbocycles. The minimum atomic E-state index is -3.14. The molecule has 0 radical (unpaired) electrons. The van der Waals surface area contributed by atoms with Gasteiger partial charge in [-0.05, 0) is 0 Å². The van der Waals surface area contributed by atoms with Crippen molar-refractivity contribution in [1.82, 2.24) is 0 Å². The van der Waals surface area contributed by atoms with Gasteiger partial charge in [0.2, 0.25) is 5.91 Å². The summed E-state index contributed by atoms with van der Waals surface area (Å²) in [7, 11) is -3.14. The van der Waals surface area contributed by atoms with E-state index < -0.39 is 7.59 Å². The van der Waals surface area contributed by atoms with E-state index in [0.717, 1.165) is 0 Å². The van der Waals surface area contributed by atoms with Crippen LogP contribution in [0.4, 0.5) is 0 Å². The van der Waals surface area contributed by atoms with E-state index in [-0.39, 0.29) is 5.91 Å². The largest absolute Gasteiger partial charge is 0.370 e. The lowest BCUT2D eigenvalue weighted by molar-refractivity contribution is -0.117. The summed E-state index contributed by atoms with van der Waals surface area (Å²) in [5.41, 5.74) is 18.0. The van der Waals surface area contributed by atoms with Gasteiger partial charge in [-0.1, -0.05) is 6.92 Å². The molecule has 0 aliphatic heterocycles. The van der Waals surface area contributed by atoms with E-state index >= 15 is 0 Å². The Morgan fingerprint density at radius 1 is 1.40 bits per heavy atom. The standard InChI is InChI=1S/C3H7NO.H6N3OP/c1-2-3(4)5;1-5(2,3)4/h2H2,1H3,(H2,4,5);(H6,1,2,3,4). The molecule has 0 fully saturated rings. The Balaban J connectivity index is 0. The van der Waals surface area contributed by atoms with Crippen LogP contribution in [0.1, 0.15) is 13.3 Å². The second-order valence-electron chi connectivity index (χ2n) is 1.58. The molecule has 0 aliphatic carbocycles.